The van der Waals surface area contributed by atoms with Crippen molar-refractivity contribution in [3.8, 4) is 0 Å². The van der Waals surface area contributed by atoms with Gasteiger partial charge in [-0.3, -0.25) is 9.69 Å². The molecule has 3 rings (SSSR count). The molecule has 0 unspecified atom stereocenters. The molecule has 24 heavy (non-hydrogen) atoms. The van der Waals surface area contributed by atoms with Crippen LogP contribution < -0.4 is 0 Å². The van der Waals surface area contributed by atoms with E-state index in [1.165, 1.54) is 5.69 Å². The lowest BCUT2D eigenvalue weighted by atomic mass is 9.87. The Hall–Kier alpha value is -2.08. The Morgan fingerprint density at radius 2 is 2.25 bits per heavy atom. The minimum atomic E-state index is 0.0174. The Morgan fingerprint density at radius 3 is 2.88 bits per heavy atom. The molecular weight excluding hydrogens is 304 g/mol. The monoisotopic (exact) mass is 330 g/mol. The number of rotatable bonds is 4. The lowest BCUT2D eigenvalue weighted by molar-refractivity contribution is 0.0632. The largest absolute Gasteiger partial charge is 0.469 e. The van der Waals surface area contributed by atoms with E-state index >= 15 is 0 Å². The van der Waals surface area contributed by atoms with Gasteiger partial charge in [-0.15, -0.1) is 0 Å². The van der Waals surface area contributed by atoms with Crippen LogP contribution in [0.4, 0.5) is 0 Å². The molecule has 1 aliphatic rings. The van der Waals surface area contributed by atoms with Crippen molar-refractivity contribution in [3.63, 3.8) is 0 Å². The number of likely N-dealkylation sites (tertiary alicyclic amines) is 1. The topological polar surface area (TPSA) is 54.5 Å². The Labute approximate surface area is 143 Å². The third kappa shape index (κ3) is 3.24. The SMILES string of the molecule is Cc1cc(C(=O)N(C)C[C@@H]2CCCN(C)[C@H]2c2cncn2C)co1. The van der Waals surface area contributed by atoms with Crippen molar-refractivity contribution in [1.29, 1.82) is 0 Å². The summed E-state index contributed by atoms with van der Waals surface area (Å²) in [4.78, 5) is 21.1. The van der Waals surface area contributed by atoms with Crippen molar-refractivity contribution in [1.82, 2.24) is 19.4 Å². The third-order valence-electron chi connectivity index (χ3n) is 5.00. The Morgan fingerprint density at radius 1 is 1.46 bits per heavy atom. The van der Waals surface area contributed by atoms with E-state index in [1.807, 2.05) is 38.4 Å². The van der Waals surface area contributed by atoms with Crippen molar-refractivity contribution in [2.75, 3.05) is 27.2 Å². The molecule has 0 N–H and O–H groups in total. The molecule has 0 aromatic carbocycles. The molecule has 2 atom stereocenters. The molecule has 0 bridgehead atoms. The average molecular weight is 330 g/mol. The van der Waals surface area contributed by atoms with Crippen LogP contribution in [0.3, 0.4) is 0 Å². The van der Waals surface area contributed by atoms with E-state index < -0.39 is 0 Å². The van der Waals surface area contributed by atoms with Gasteiger partial charge < -0.3 is 13.9 Å². The number of imidazole rings is 1. The van der Waals surface area contributed by atoms with E-state index in [0.29, 0.717) is 11.5 Å². The molecule has 1 saturated heterocycles. The summed E-state index contributed by atoms with van der Waals surface area (Å²) in [5, 5.41) is 0. The highest BCUT2D eigenvalue weighted by molar-refractivity contribution is 5.93. The number of aryl methyl sites for hydroxylation is 2. The van der Waals surface area contributed by atoms with Gasteiger partial charge in [0, 0.05) is 26.8 Å². The van der Waals surface area contributed by atoms with Crippen LogP contribution in [0.15, 0.2) is 29.3 Å². The first-order chi connectivity index (χ1) is 11.5. The molecule has 2 aromatic rings. The molecule has 6 heteroatoms. The summed E-state index contributed by atoms with van der Waals surface area (Å²) in [7, 11) is 6.07. The number of nitrogens with zero attached hydrogens (tertiary/aromatic N) is 4. The van der Waals surface area contributed by atoms with Crippen LogP contribution in [0.5, 0.6) is 0 Å². The van der Waals surface area contributed by atoms with Crippen LogP contribution in [0.2, 0.25) is 0 Å². The number of furan rings is 1. The lowest BCUT2D eigenvalue weighted by Crippen LogP contribution is -2.43. The molecule has 1 fully saturated rings. The van der Waals surface area contributed by atoms with Crippen molar-refractivity contribution in [2.45, 2.75) is 25.8 Å². The maximum Gasteiger partial charge on any atom is 0.256 e. The first-order valence-electron chi connectivity index (χ1n) is 8.44. The van der Waals surface area contributed by atoms with E-state index in [0.717, 1.165) is 31.7 Å². The standard InChI is InChI=1S/C18H26N4O2/c1-13-8-15(11-24-13)18(23)21(3)10-14-6-5-7-20(2)17(14)16-9-19-12-22(16)4/h8-9,11-12,14,17H,5-7,10H2,1-4H3/t14-,17+/m0/s1. The molecule has 1 aliphatic heterocycles. The highest BCUT2D eigenvalue weighted by Crippen LogP contribution is 2.35. The van der Waals surface area contributed by atoms with Crippen molar-refractivity contribution in [3.05, 3.63) is 41.9 Å². The summed E-state index contributed by atoms with van der Waals surface area (Å²) in [5.41, 5.74) is 1.83. The zero-order valence-electron chi connectivity index (χ0n) is 14.9. The Bertz CT molecular complexity index is 705. The normalized spacial score (nSPS) is 21.8. The highest BCUT2D eigenvalue weighted by atomic mass is 16.3. The molecule has 0 spiro atoms. The van der Waals surface area contributed by atoms with E-state index in [2.05, 4.69) is 21.5 Å². The van der Waals surface area contributed by atoms with Crippen LogP contribution >= 0.6 is 0 Å². The quantitative estimate of drug-likeness (QED) is 0.864. The molecule has 2 aromatic heterocycles. The second-order valence-electron chi connectivity index (χ2n) is 6.89. The van der Waals surface area contributed by atoms with E-state index in [4.69, 9.17) is 4.42 Å². The minimum Gasteiger partial charge on any atom is -0.469 e. The summed E-state index contributed by atoms with van der Waals surface area (Å²) in [6.45, 7) is 3.65. The molecule has 1 amide bonds. The van der Waals surface area contributed by atoms with Gasteiger partial charge in [-0.1, -0.05) is 0 Å². The van der Waals surface area contributed by atoms with Crippen LogP contribution in [0, 0.1) is 12.8 Å². The third-order valence-corrected chi connectivity index (χ3v) is 5.00. The molecule has 6 nitrogen and oxygen atoms in total. The molecule has 0 radical (unpaired) electrons. The van der Waals surface area contributed by atoms with Gasteiger partial charge in [0.1, 0.15) is 12.0 Å². The second-order valence-corrected chi connectivity index (χ2v) is 6.89. The van der Waals surface area contributed by atoms with Crippen molar-refractivity contribution < 1.29 is 9.21 Å². The number of carbonyl (C=O) groups is 1. The second kappa shape index (κ2) is 6.81. The molecule has 3 heterocycles. The Kier molecular flexibility index (Phi) is 4.76. The summed E-state index contributed by atoms with van der Waals surface area (Å²) in [6.07, 6.45) is 7.60. The van der Waals surface area contributed by atoms with Crippen molar-refractivity contribution >= 4 is 5.91 Å². The van der Waals surface area contributed by atoms with Gasteiger partial charge in [0.15, 0.2) is 0 Å². The average Bonchev–Trinajstić information content (AvgIpc) is 3.15. The van der Waals surface area contributed by atoms with Crippen LogP contribution in [0.1, 0.15) is 40.7 Å². The van der Waals surface area contributed by atoms with Crippen molar-refractivity contribution in [2.24, 2.45) is 13.0 Å². The number of carbonyl (C=O) groups excluding carboxylic acids is 1. The van der Waals surface area contributed by atoms with Gasteiger partial charge in [-0.05, 0) is 45.3 Å². The van der Waals surface area contributed by atoms with E-state index in [9.17, 15) is 4.79 Å². The number of piperidine rings is 1. The first-order valence-corrected chi connectivity index (χ1v) is 8.44. The zero-order valence-corrected chi connectivity index (χ0v) is 14.9. The van der Waals surface area contributed by atoms with Gasteiger partial charge in [-0.2, -0.15) is 0 Å². The maximum atomic E-state index is 12.6. The summed E-state index contributed by atoms with van der Waals surface area (Å²) < 4.78 is 7.36. The molecule has 0 saturated carbocycles. The first kappa shape index (κ1) is 16.8. The van der Waals surface area contributed by atoms with Gasteiger partial charge in [0.25, 0.3) is 5.91 Å². The number of hydrogen-bond acceptors (Lipinski definition) is 4. The fourth-order valence-electron chi connectivity index (χ4n) is 3.78. The molecule has 0 aliphatic carbocycles. The smallest absolute Gasteiger partial charge is 0.256 e. The van der Waals surface area contributed by atoms with Crippen LogP contribution in [0.25, 0.3) is 0 Å². The predicted molar refractivity (Wildman–Crippen MR) is 91.7 cm³/mol. The number of amides is 1. The fraction of sp³-hybridized carbons (Fsp3) is 0.556. The molecule has 130 valence electrons. The van der Waals surface area contributed by atoms with E-state index in [-0.39, 0.29) is 11.9 Å². The lowest BCUT2D eigenvalue weighted by Gasteiger charge is -2.40. The summed E-state index contributed by atoms with van der Waals surface area (Å²) in [6, 6.07) is 2.08. The summed E-state index contributed by atoms with van der Waals surface area (Å²) in [5.74, 6) is 1.17. The predicted octanol–water partition coefficient (Wildman–Crippen LogP) is 2.48. The summed E-state index contributed by atoms with van der Waals surface area (Å²) >= 11 is 0. The number of aromatic nitrogens is 2. The van der Waals surface area contributed by atoms with Crippen LogP contribution in [-0.4, -0.2) is 52.4 Å². The zero-order chi connectivity index (χ0) is 17.3. The van der Waals surface area contributed by atoms with E-state index in [1.54, 1.807) is 12.3 Å². The van der Waals surface area contributed by atoms with Gasteiger partial charge in [0.05, 0.1) is 23.6 Å². The number of hydrogen-bond donors (Lipinski definition) is 0. The molecular formula is C18H26N4O2. The Balaban J connectivity index is 1.76. The van der Waals surface area contributed by atoms with Crippen LogP contribution in [-0.2, 0) is 7.05 Å². The highest BCUT2D eigenvalue weighted by Gasteiger charge is 2.33. The van der Waals surface area contributed by atoms with Gasteiger partial charge in [-0.25, -0.2) is 4.98 Å². The fourth-order valence-corrected chi connectivity index (χ4v) is 3.78. The van der Waals surface area contributed by atoms with Gasteiger partial charge in [0.2, 0.25) is 0 Å². The minimum absolute atomic E-state index is 0.0174. The van der Waals surface area contributed by atoms with Gasteiger partial charge >= 0.3 is 0 Å². The maximum absolute atomic E-state index is 12.6.